The number of ether oxygens (including phenoxy) is 1. The van der Waals surface area contributed by atoms with Crippen molar-refractivity contribution in [3.05, 3.63) is 30.3 Å². The van der Waals surface area contributed by atoms with E-state index >= 15 is 0 Å². The van der Waals surface area contributed by atoms with Crippen molar-refractivity contribution in [2.75, 3.05) is 20.2 Å². The third-order valence-electron chi connectivity index (χ3n) is 5.25. The summed E-state index contributed by atoms with van der Waals surface area (Å²) in [5, 5.41) is 7.59. The van der Waals surface area contributed by atoms with Crippen molar-refractivity contribution in [1.82, 2.24) is 10.6 Å². The second kappa shape index (κ2) is 8.95. The molecule has 3 rings (SSSR count). The highest BCUT2D eigenvalue weighted by atomic mass is 127. The molecule has 0 aromatic heterocycles. The van der Waals surface area contributed by atoms with Crippen molar-refractivity contribution in [2.24, 2.45) is 16.3 Å². The molecule has 1 aromatic rings. The number of benzene rings is 1. The fraction of sp³-hybridized carbons (Fsp3) is 0.632. The summed E-state index contributed by atoms with van der Waals surface area (Å²) in [4.78, 5) is 5.72. The van der Waals surface area contributed by atoms with E-state index in [-0.39, 0.29) is 29.4 Å². The van der Waals surface area contributed by atoms with E-state index in [0.717, 1.165) is 25.5 Å². The molecule has 4 atom stereocenters. The number of nitrogens with zero attached hydrogens (tertiary/aromatic N) is 1. The molecule has 1 aromatic carbocycles. The van der Waals surface area contributed by atoms with Gasteiger partial charge < -0.3 is 15.4 Å². The number of halogens is 1. The normalized spacial score (nSPS) is 28.3. The van der Waals surface area contributed by atoms with Crippen LogP contribution in [0.2, 0.25) is 0 Å². The highest BCUT2D eigenvalue weighted by molar-refractivity contribution is 14.0. The van der Waals surface area contributed by atoms with E-state index in [9.17, 15) is 0 Å². The molecule has 0 spiro atoms. The number of hydrogen-bond donors (Lipinski definition) is 2. The second-order valence-electron chi connectivity index (χ2n) is 7.38. The van der Waals surface area contributed by atoms with Gasteiger partial charge in [-0.2, -0.15) is 0 Å². The molecule has 2 aliphatic rings. The largest absolute Gasteiger partial charge is 0.377 e. The zero-order valence-electron chi connectivity index (χ0n) is 15.5. The van der Waals surface area contributed by atoms with Crippen molar-refractivity contribution in [1.29, 1.82) is 0 Å². The Morgan fingerprint density at radius 3 is 2.76 bits per heavy atom. The first-order valence-corrected chi connectivity index (χ1v) is 9.71. The predicted octanol–water partition coefficient (Wildman–Crippen LogP) is 3.76. The van der Waals surface area contributed by atoms with Crippen LogP contribution in [0.15, 0.2) is 40.2 Å². The van der Waals surface area contributed by atoms with Crippen molar-refractivity contribution in [3.63, 3.8) is 0 Å². The van der Waals surface area contributed by atoms with Gasteiger partial charge in [0.15, 0.2) is 5.96 Å². The fourth-order valence-electron chi connectivity index (χ4n) is 3.97. The maximum atomic E-state index is 5.87. The van der Waals surface area contributed by atoms with Crippen LogP contribution in [-0.4, -0.2) is 43.6 Å². The van der Waals surface area contributed by atoms with Gasteiger partial charge in [0, 0.05) is 47.7 Å². The van der Waals surface area contributed by atoms with Crippen molar-refractivity contribution >= 4 is 41.7 Å². The molecule has 1 aliphatic heterocycles. The summed E-state index contributed by atoms with van der Waals surface area (Å²) in [6, 6.07) is 11.0. The number of rotatable bonds is 5. The SMILES string of the molecule is CN=C(NCC(C)Sc1ccccc1)NC1C2CCOC2C1(C)C.I. The number of fused-ring (bicyclic) bond motifs is 1. The van der Waals surface area contributed by atoms with Gasteiger partial charge in [-0.25, -0.2) is 0 Å². The third kappa shape index (κ3) is 4.63. The van der Waals surface area contributed by atoms with Crippen LogP contribution >= 0.6 is 35.7 Å². The van der Waals surface area contributed by atoms with E-state index in [1.807, 2.05) is 18.8 Å². The van der Waals surface area contributed by atoms with E-state index in [0.29, 0.717) is 23.3 Å². The van der Waals surface area contributed by atoms with Crippen molar-refractivity contribution < 1.29 is 4.74 Å². The molecule has 4 unspecified atom stereocenters. The summed E-state index contributed by atoms with van der Waals surface area (Å²) in [5.74, 6) is 1.52. The van der Waals surface area contributed by atoms with E-state index in [4.69, 9.17) is 4.74 Å². The summed E-state index contributed by atoms with van der Waals surface area (Å²) in [5.41, 5.74) is 0.170. The first-order chi connectivity index (χ1) is 11.5. The van der Waals surface area contributed by atoms with Crippen LogP contribution in [0.25, 0.3) is 0 Å². The minimum atomic E-state index is 0. The Morgan fingerprint density at radius 2 is 2.08 bits per heavy atom. The van der Waals surface area contributed by atoms with Crippen molar-refractivity contribution in [2.45, 2.75) is 49.5 Å². The lowest BCUT2D eigenvalue weighted by Crippen LogP contribution is -2.68. The van der Waals surface area contributed by atoms with Crippen LogP contribution < -0.4 is 10.6 Å². The number of guanidine groups is 1. The highest BCUT2D eigenvalue weighted by Gasteiger charge is 2.59. The number of thioether (sulfide) groups is 1. The summed E-state index contributed by atoms with van der Waals surface area (Å²) in [7, 11) is 1.85. The Morgan fingerprint density at radius 1 is 1.36 bits per heavy atom. The molecule has 1 saturated carbocycles. The lowest BCUT2D eigenvalue weighted by Gasteiger charge is -2.54. The maximum Gasteiger partial charge on any atom is 0.191 e. The zero-order valence-corrected chi connectivity index (χ0v) is 18.6. The Balaban J connectivity index is 0.00000225. The molecule has 6 heteroatoms. The molecule has 25 heavy (non-hydrogen) atoms. The van der Waals surface area contributed by atoms with Gasteiger partial charge in [0.2, 0.25) is 0 Å². The molecule has 0 radical (unpaired) electrons. The van der Waals surface area contributed by atoms with Gasteiger partial charge in [-0.15, -0.1) is 35.7 Å². The summed E-state index contributed by atoms with van der Waals surface area (Å²) in [6.45, 7) is 8.60. The molecule has 1 aliphatic carbocycles. The van der Waals surface area contributed by atoms with E-state index in [1.54, 1.807) is 0 Å². The van der Waals surface area contributed by atoms with Gasteiger partial charge in [-0.1, -0.05) is 39.0 Å². The Bertz CT molecular complexity index is 581. The van der Waals surface area contributed by atoms with E-state index < -0.39 is 0 Å². The molecule has 2 fully saturated rings. The minimum Gasteiger partial charge on any atom is -0.377 e. The third-order valence-corrected chi connectivity index (χ3v) is 6.37. The van der Waals surface area contributed by atoms with Crippen LogP contribution in [-0.2, 0) is 4.74 Å². The predicted molar refractivity (Wildman–Crippen MR) is 117 cm³/mol. The number of aliphatic imine (C=N–C) groups is 1. The van der Waals surface area contributed by atoms with Crippen molar-refractivity contribution in [3.8, 4) is 0 Å². The number of hydrogen-bond acceptors (Lipinski definition) is 3. The molecule has 1 saturated heterocycles. The van der Waals surface area contributed by atoms with Gasteiger partial charge in [0.1, 0.15) is 0 Å². The summed E-state index contributed by atoms with van der Waals surface area (Å²) < 4.78 is 5.87. The first kappa shape index (κ1) is 20.8. The van der Waals surface area contributed by atoms with Gasteiger partial charge in [-0.05, 0) is 18.6 Å². The van der Waals surface area contributed by atoms with Gasteiger partial charge in [-0.3, -0.25) is 4.99 Å². The second-order valence-corrected chi connectivity index (χ2v) is 8.89. The summed E-state index contributed by atoms with van der Waals surface area (Å²) >= 11 is 1.88. The molecular weight excluding hydrogens is 445 g/mol. The lowest BCUT2D eigenvalue weighted by molar-refractivity contribution is -0.106. The fourth-order valence-corrected chi connectivity index (χ4v) is 4.92. The van der Waals surface area contributed by atoms with E-state index in [2.05, 4.69) is 66.7 Å². The van der Waals surface area contributed by atoms with Crippen LogP contribution in [0.1, 0.15) is 27.2 Å². The van der Waals surface area contributed by atoms with Crippen LogP contribution in [0, 0.1) is 11.3 Å². The topological polar surface area (TPSA) is 45.7 Å². The Kier molecular flexibility index (Phi) is 7.46. The Hall–Kier alpha value is -0.470. The lowest BCUT2D eigenvalue weighted by atomic mass is 9.57. The number of nitrogens with one attached hydrogen (secondary N) is 2. The smallest absolute Gasteiger partial charge is 0.191 e. The maximum absolute atomic E-state index is 5.87. The molecule has 2 N–H and O–H groups in total. The summed E-state index contributed by atoms with van der Waals surface area (Å²) in [6.07, 6.45) is 1.56. The first-order valence-electron chi connectivity index (χ1n) is 8.83. The quantitative estimate of drug-likeness (QED) is 0.295. The molecule has 0 amide bonds. The molecular formula is C19H30IN3OS. The average Bonchev–Trinajstić information content (AvgIpc) is 3.03. The van der Waals surface area contributed by atoms with E-state index in [1.165, 1.54) is 4.90 Å². The standard InChI is InChI=1S/C19H29N3OS.HI/c1-13(24-14-8-6-5-7-9-14)12-21-18(20-4)22-16-15-10-11-23-17(15)19(16,2)3;/h5-9,13,15-17H,10-12H2,1-4H3,(H2,20,21,22);1H. The van der Waals surface area contributed by atoms with Gasteiger partial charge in [0.25, 0.3) is 0 Å². The Labute approximate surface area is 173 Å². The molecule has 1 heterocycles. The molecule has 0 bridgehead atoms. The van der Waals surface area contributed by atoms with Crippen LogP contribution in [0.5, 0.6) is 0 Å². The highest BCUT2D eigenvalue weighted by Crippen LogP contribution is 2.52. The van der Waals surface area contributed by atoms with Gasteiger partial charge in [0.05, 0.1) is 6.10 Å². The van der Waals surface area contributed by atoms with Gasteiger partial charge >= 0.3 is 0 Å². The molecule has 4 nitrogen and oxygen atoms in total. The minimum absolute atomic E-state index is 0. The zero-order chi connectivity index (χ0) is 17.2. The monoisotopic (exact) mass is 475 g/mol. The van der Waals surface area contributed by atoms with Crippen LogP contribution in [0.4, 0.5) is 0 Å². The molecule has 140 valence electrons. The van der Waals surface area contributed by atoms with Crippen LogP contribution in [0.3, 0.4) is 0 Å². The average molecular weight is 475 g/mol.